The Hall–Kier alpha value is -0.450. The number of hydrogen-bond acceptors (Lipinski definition) is 2. The Labute approximate surface area is 136 Å². The van der Waals surface area contributed by atoms with Gasteiger partial charge in [-0.05, 0) is 37.9 Å². The second-order valence-corrected chi connectivity index (χ2v) is 7.16. The minimum atomic E-state index is -0.117. The zero-order chi connectivity index (χ0) is 15.4. The van der Waals surface area contributed by atoms with Crippen LogP contribution in [0.15, 0.2) is 22.7 Å². The van der Waals surface area contributed by atoms with Crippen molar-refractivity contribution in [1.29, 1.82) is 0 Å². The van der Waals surface area contributed by atoms with E-state index in [-0.39, 0.29) is 5.82 Å². The monoisotopic (exact) mass is 356 g/mol. The maximum Gasteiger partial charge on any atom is 0.128 e. The van der Waals surface area contributed by atoms with Crippen LogP contribution < -0.4 is 5.32 Å². The highest BCUT2D eigenvalue weighted by Gasteiger charge is 2.26. The summed E-state index contributed by atoms with van der Waals surface area (Å²) in [5.41, 5.74) is 0.787. The molecule has 1 heterocycles. The third kappa shape index (κ3) is 4.51. The van der Waals surface area contributed by atoms with Gasteiger partial charge in [-0.3, -0.25) is 4.90 Å². The van der Waals surface area contributed by atoms with Gasteiger partial charge in [0.1, 0.15) is 5.82 Å². The molecule has 3 atom stereocenters. The molecular weight excluding hydrogens is 331 g/mol. The molecular formula is C17H26BrFN2. The van der Waals surface area contributed by atoms with Crippen molar-refractivity contribution in [2.45, 2.75) is 52.2 Å². The van der Waals surface area contributed by atoms with E-state index < -0.39 is 0 Å². The highest BCUT2D eigenvalue weighted by Crippen LogP contribution is 2.21. The molecule has 1 aromatic carbocycles. The molecule has 0 saturated carbocycles. The lowest BCUT2D eigenvalue weighted by molar-refractivity contribution is 0.178. The number of halogens is 2. The van der Waals surface area contributed by atoms with E-state index in [0.717, 1.165) is 29.5 Å². The molecule has 1 aromatic rings. The van der Waals surface area contributed by atoms with E-state index in [1.165, 1.54) is 6.42 Å². The molecule has 0 aliphatic carbocycles. The molecule has 4 heteroatoms. The Bertz CT molecular complexity index is 466. The normalized spacial score (nSPS) is 25.6. The van der Waals surface area contributed by atoms with Crippen LogP contribution in [0.4, 0.5) is 4.39 Å². The topological polar surface area (TPSA) is 15.3 Å². The first-order valence-electron chi connectivity index (χ1n) is 7.92. The van der Waals surface area contributed by atoms with Crippen molar-refractivity contribution in [2.24, 2.45) is 5.92 Å². The fourth-order valence-corrected chi connectivity index (χ4v) is 3.25. The highest BCUT2D eigenvalue weighted by molar-refractivity contribution is 9.10. The number of nitrogens with zero attached hydrogens (tertiary/aromatic N) is 1. The summed E-state index contributed by atoms with van der Waals surface area (Å²) in [6.45, 7) is 9.51. The third-order valence-electron chi connectivity index (χ3n) is 4.74. The van der Waals surface area contributed by atoms with Crippen molar-refractivity contribution >= 4 is 15.9 Å². The Kier molecular flexibility index (Phi) is 6.20. The number of benzene rings is 1. The van der Waals surface area contributed by atoms with Gasteiger partial charge in [0, 0.05) is 35.2 Å². The fraction of sp³-hybridized carbons (Fsp3) is 0.647. The van der Waals surface area contributed by atoms with Crippen molar-refractivity contribution in [1.82, 2.24) is 10.2 Å². The summed E-state index contributed by atoms with van der Waals surface area (Å²) in [6, 6.07) is 6.35. The molecule has 0 aromatic heterocycles. The standard InChI is InChI=1S/C17H26BrFN2/c1-4-12(2)17-11-21(13(3)7-8-20-17)10-14-5-6-15(18)9-16(14)19/h5-6,9,12-13,17,20H,4,7-8,10-11H2,1-3H3. The van der Waals surface area contributed by atoms with Gasteiger partial charge < -0.3 is 5.32 Å². The molecule has 1 aliphatic heterocycles. The van der Waals surface area contributed by atoms with E-state index in [0.29, 0.717) is 24.5 Å². The average molecular weight is 357 g/mol. The van der Waals surface area contributed by atoms with Gasteiger partial charge in [-0.2, -0.15) is 0 Å². The Balaban J connectivity index is 2.11. The number of nitrogens with one attached hydrogen (secondary N) is 1. The van der Waals surface area contributed by atoms with E-state index >= 15 is 0 Å². The predicted molar refractivity (Wildman–Crippen MR) is 89.8 cm³/mol. The average Bonchev–Trinajstić information content (AvgIpc) is 2.63. The maximum atomic E-state index is 14.1. The summed E-state index contributed by atoms with van der Waals surface area (Å²) in [6.07, 6.45) is 2.29. The molecule has 2 rings (SSSR count). The molecule has 1 saturated heterocycles. The van der Waals surface area contributed by atoms with Crippen molar-refractivity contribution in [2.75, 3.05) is 13.1 Å². The van der Waals surface area contributed by atoms with Crippen molar-refractivity contribution < 1.29 is 4.39 Å². The minimum absolute atomic E-state index is 0.117. The van der Waals surface area contributed by atoms with Gasteiger partial charge in [-0.25, -0.2) is 4.39 Å². The second kappa shape index (κ2) is 7.70. The lowest BCUT2D eigenvalue weighted by atomic mass is 9.98. The summed E-state index contributed by atoms with van der Waals surface area (Å²) in [7, 11) is 0. The summed E-state index contributed by atoms with van der Waals surface area (Å²) in [5.74, 6) is 0.529. The van der Waals surface area contributed by atoms with Crippen molar-refractivity contribution in [3.63, 3.8) is 0 Å². The maximum absolute atomic E-state index is 14.1. The first kappa shape index (κ1) is 16.9. The minimum Gasteiger partial charge on any atom is -0.312 e. The summed E-state index contributed by atoms with van der Waals surface area (Å²) >= 11 is 3.32. The van der Waals surface area contributed by atoms with Crippen LogP contribution in [0.3, 0.4) is 0 Å². The van der Waals surface area contributed by atoms with Crippen LogP contribution in [0.2, 0.25) is 0 Å². The molecule has 21 heavy (non-hydrogen) atoms. The first-order valence-corrected chi connectivity index (χ1v) is 8.72. The molecule has 0 bridgehead atoms. The van der Waals surface area contributed by atoms with Crippen LogP contribution in [0.5, 0.6) is 0 Å². The smallest absolute Gasteiger partial charge is 0.128 e. The van der Waals surface area contributed by atoms with Gasteiger partial charge in [-0.1, -0.05) is 42.3 Å². The molecule has 0 radical (unpaired) electrons. The van der Waals surface area contributed by atoms with Crippen LogP contribution in [-0.2, 0) is 6.54 Å². The fourth-order valence-electron chi connectivity index (χ4n) is 2.91. The van der Waals surface area contributed by atoms with Gasteiger partial charge in [0.25, 0.3) is 0 Å². The van der Waals surface area contributed by atoms with Crippen LogP contribution in [0.1, 0.15) is 39.2 Å². The van der Waals surface area contributed by atoms with Gasteiger partial charge in [0.05, 0.1) is 0 Å². The lowest BCUT2D eigenvalue weighted by Crippen LogP contribution is -2.43. The van der Waals surface area contributed by atoms with Crippen molar-refractivity contribution in [3.05, 3.63) is 34.1 Å². The Morgan fingerprint density at radius 1 is 1.48 bits per heavy atom. The molecule has 2 nitrogen and oxygen atoms in total. The molecule has 1 N–H and O–H groups in total. The molecule has 1 fully saturated rings. The van der Waals surface area contributed by atoms with E-state index in [2.05, 4.69) is 46.9 Å². The SMILES string of the molecule is CCC(C)C1CN(Cc2ccc(Br)cc2F)C(C)CCN1. The Morgan fingerprint density at radius 2 is 2.24 bits per heavy atom. The van der Waals surface area contributed by atoms with Gasteiger partial charge in [-0.15, -0.1) is 0 Å². The van der Waals surface area contributed by atoms with Crippen LogP contribution in [0, 0.1) is 11.7 Å². The number of rotatable bonds is 4. The zero-order valence-corrected chi connectivity index (χ0v) is 14.8. The molecule has 1 aliphatic rings. The largest absolute Gasteiger partial charge is 0.312 e. The first-order chi connectivity index (χ1) is 10.0. The van der Waals surface area contributed by atoms with Gasteiger partial charge >= 0.3 is 0 Å². The predicted octanol–water partition coefficient (Wildman–Crippen LogP) is 4.19. The van der Waals surface area contributed by atoms with Crippen molar-refractivity contribution in [3.8, 4) is 0 Å². The van der Waals surface area contributed by atoms with E-state index in [1.807, 2.05) is 12.1 Å². The third-order valence-corrected chi connectivity index (χ3v) is 5.24. The van der Waals surface area contributed by atoms with Crippen LogP contribution in [0.25, 0.3) is 0 Å². The number of hydrogen-bond donors (Lipinski definition) is 1. The Morgan fingerprint density at radius 3 is 2.90 bits per heavy atom. The van der Waals surface area contributed by atoms with Crippen LogP contribution >= 0.6 is 15.9 Å². The van der Waals surface area contributed by atoms with E-state index in [4.69, 9.17) is 0 Å². The van der Waals surface area contributed by atoms with E-state index in [1.54, 1.807) is 6.07 Å². The van der Waals surface area contributed by atoms with E-state index in [9.17, 15) is 4.39 Å². The molecule has 3 unspecified atom stereocenters. The van der Waals surface area contributed by atoms with Gasteiger partial charge in [0.2, 0.25) is 0 Å². The quantitative estimate of drug-likeness (QED) is 0.869. The summed E-state index contributed by atoms with van der Waals surface area (Å²) in [4.78, 5) is 2.42. The summed E-state index contributed by atoms with van der Waals surface area (Å²) in [5, 5.41) is 3.66. The zero-order valence-electron chi connectivity index (χ0n) is 13.2. The highest BCUT2D eigenvalue weighted by atomic mass is 79.9. The van der Waals surface area contributed by atoms with Crippen LogP contribution in [-0.4, -0.2) is 30.1 Å². The molecule has 118 valence electrons. The van der Waals surface area contributed by atoms with Gasteiger partial charge in [0.15, 0.2) is 0 Å². The summed E-state index contributed by atoms with van der Waals surface area (Å²) < 4.78 is 14.9. The molecule has 0 amide bonds. The second-order valence-electron chi connectivity index (χ2n) is 6.25. The lowest BCUT2D eigenvalue weighted by Gasteiger charge is -2.31. The molecule has 0 spiro atoms.